The van der Waals surface area contributed by atoms with Crippen molar-refractivity contribution in [2.75, 3.05) is 25.5 Å². The van der Waals surface area contributed by atoms with Gasteiger partial charge in [0.2, 0.25) is 0 Å². The molecule has 0 spiro atoms. The number of benzene rings is 1. The normalized spacial score (nSPS) is 10.4. The van der Waals surface area contributed by atoms with Gasteiger partial charge >= 0.3 is 0 Å². The van der Waals surface area contributed by atoms with Crippen molar-refractivity contribution in [1.29, 1.82) is 0 Å². The molecule has 0 saturated carbocycles. The van der Waals surface area contributed by atoms with E-state index in [0.717, 1.165) is 12.8 Å². The lowest BCUT2D eigenvalue weighted by Gasteiger charge is -2.20. The van der Waals surface area contributed by atoms with Crippen LogP contribution in [0.5, 0.6) is 5.75 Å². The summed E-state index contributed by atoms with van der Waals surface area (Å²) in [4.78, 5) is 30.8. The van der Waals surface area contributed by atoms with Crippen LogP contribution in [0.3, 0.4) is 0 Å². The van der Waals surface area contributed by atoms with Crippen molar-refractivity contribution in [3.8, 4) is 5.75 Å². The van der Waals surface area contributed by atoms with E-state index in [0.29, 0.717) is 35.2 Å². The minimum absolute atomic E-state index is 0.0927. The highest BCUT2D eigenvalue weighted by atomic mass is 32.1. The lowest BCUT2D eigenvalue weighted by Crippen LogP contribution is -2.32. The number of carbonyl (C=O) groups is 2. The molecule has 0 aliphatic heterocycles. The van der Waals surface area contributed by atoms with E-state index in [2.05, 4.69) is 10.3 Å². The van der Waals surface area contributed by atoms with Crippen LogP contribution in [-0.4, -0.2) is 41.9 Å². The van der Waals surface area contributed by atoms with E-state index < -0.39 is 0 Å². The molecule has 0 aliphatic rings. The highest BCUT2D eigenvalue weighted by molar-refractivity contribution is 7.14. The van der Waals surface area contributed by atoms with Crippen LogP contribution in [-0.2, 0) is 0 Å². The van der Waals surface area contributed by atoms with E-state index in [4.69, 9.17) is 4.74 Å². The number of hydrogen-bond donors (Lipinski definition) is 1. The van der Waals surface area contributed by atoms with E-state index in [9.17, 15) is 9.59 Å². The standard InChI is InChI=1S/C18H23N3O3S/c1-4-10-21(11-5-2)17(23)15-12-25-18(19-15)20-16(22)13-6-8-14(24-3)9-7-13/h6-9,12H,4-5,10-11H2,1-3H3,(H,19,20,22). The van der Waals surface area contributed by atoms with Gasteiger partial charge in [-0.25, -0.2) is 4.98 Å². The summed E-state index contributed by atoms with van der Waals surface area (Å²) in [6.07, 6.45) is 1.80. The van der Waals surface area contributed by atoms with Crippen LogP contribution in [0.15, 0.2) is 29.6 Å². The minimum atomic E-state index is -0.269. The predicted octanol–water partition coefficient (Wildman–Crippen LogP) is 3.67. The van der Waals surface area contributed by atoms with E-state index in [-0.39, 0.29) is 11.8 Å². The smallest absolute Gasteiger partial charge is 0.273 e. The number of hydrogen-bond acceptors (Lipinski definition) is 5. The summed E-state index contributed by atoms with van der Waals surface area (Å²) in [6, 6.07) is 6.80. The number of anilines is 1. The van der Waals surface area contributed by atoms with E-state index >= 15 is 0 Å². The van der Waals surface area contributed by atoms with Gasteiger partial charge in [0.05, 0.1) is 7.11 Å². The number of amides is 2. The van der Waals surface area contributed by atoms with Gasteiger partial charge in [0.1, 0.15) is 11.4 Å². The molecule has 134 valence electrons. The second-order valence-corrected chi connectivity index (χ2v) is 6.37. The zero-order valence-corrected chi connectivity index (χ0v) is 15.6. The Bertz CT molecular complexity index is 707. The number of thiazole rings is 1. The van der Waals surface area contributed by atoms with Gasteiger partial charge in [0.25, 0.3) is 11.8 Å². The summed E-state index contributed by atoms with van der Waals surface area (Å²) in [7, 11) is 1.57. The second kappa shape index (κ2) is 9.17. The largest absolute Gasteiger partial charge is 0.497 e. The fourth-order valence-corrected chi connectivity index (χ4v) is 3.04. The van der Waals surface area contributed by atoms with Crippen molar-refractivity contribution < 1.29 is 14.3 Å². The molecule has 0 radical (unpaired) electrons. The fourth-order valence-electron chi connectivity index (χ4n) is 2.36. The first kappa shape index (κ1) is 18.9. The van der Waals surface area contributed by atoms with Gasteiger partial charge in [-0.15, -0.1) is 11.3 Å². The molecule has 2 amide bonds. The molecule has 1 aromatic heterocycles. The average Bonchev–Trinajstić information content (AvgIpc) is 3.09. The summed E-state index contributed by atoms with van der Waals surface area (Å²) < 4.78 is 5.07. The number of ether oxygens (including phenoxy) is 1. The van der Waals surface area contributed by atoms with Gasteiger partial charge in [-0.1, -0.05) is 13.8 Å². The lowest BCUT2D eigenvalue weighted by atomic mass is 10.2. The van der Waals surface area contributed by atoms with Crippen LogP contribution < -0.4 is 10.1 Å². The molecule has 2 aromatic rings. The summed E-state index contributed by atoms with van der Waals surface area (Å²) in [5, 5.41) is 4.83. The number of nitrogens with zero attached hydrogens (tertiary/aromatic N) is 2. The van der Waals surface area contributed by atoms with Gasteiger partial charge in [-0.3, -0.25) is 14.9 Å². The molecule has 0 unspecified atom stereocenters. The number of nitrogens with one attached hydrogen (secondary N) is 1. The van der Waals surface area contributed by atoms with Crippen LogP contribution in [0.2, 0.25) is 0 Å². The summed E-state index contributed by atoms with van der Waals surface area (Å²) in [5.41, 5.74) is 0.874. The first-order chi connectivity index (χ1) is 12.1. The first-order valence-electron chi connectivity index (χ1n) is 8.29. The van der Waals surface area contributed by atoms with Gasteiger partial charge < -0.3 is 9.64 Å². The number of carbonyl (C=O) groups excluding carboxylic acids is 2. The molecule has 1 N–H and O–H groups in total. The number of rotatable bonds is 8. The molecule has 0 fully saturated rings. The maximum absolute atomic E-state index is 12.5. The molecule has 25 heavy (non-hydrogen) atoms. The van der Waals surface area contributed by atoms with Crippen molar-refractivity contribution in [2.45, 2.75) is 26.7 Å². The van der Waals surface area contributed by atoms with Gasteiger partial charge in [-0.05, 0) is 37.1 Å². The third kappa shape index (κ3) is 5.03. The van der Waals surface area contributed by atoms with Gasteiger partial charge in [-0.2, -0.15) is 0 Å². The minimum Gasteiger partial charge on any atom is -0.497 e. The molecule has 0 saturated heterocycles. The highest BCUT2D eigenvalue weighted by Crippen LogP contribution is 2.19. The Hall–Kier alpha value is -2.41. The number of methoxy groups -OCH3 is 1. The summed E-state index contributed by atoms with van der Waals surface area (Å²) in [6.45, 7) is 5.49. The fraction of sp³-hybridized carbons (Fsp3) is 0.389. The van der Waals surface area contributed by atoms with Crippen molar-refractivity contribution >= 4 is 28.3 Å². The Morgan fingerprint density at radius 3 is 2.36 bits per heavy atom. The average molecular weight is 361 g/mol. The Morgan fingerprint density at radius 2 is 1.80 bits per heavy atom. The summed E-state index contributed by atoms with van der Waals surface area (Å²) >= 11 is 1.25. The van der Waals surface area contributed by atoms with Crippen LogP contribution in [0.25, 0.3) is 0 Å². The van der Waals surface area contributed by atoms with Gasteiger partial charge in [0, 0.05) is 24.0 Å². The Kier molecular flexibility index (Phi) is 6.94. The topological polar surface area (TPSA) is 71.5 Å². The van der Waals surface area contributed by atoms with Crippen molar-refractivity contribution in [3.63, 3.8) is 0 Å². The third-order valence-electron chi connectivity index (χ3n) is 3.57. The summed E-state index contributed by atoms with van der Waals surface area (Å²) in [5.74, 6) is 0.325. The quantitative estimate of drug-likeness (QED) is 0.779. The molecule has 2 rings (SSSR count). The van der Waals surface area contributed by atoms with Crippen molar-refractivity contribution in [1.82, 2.24) is 9.88 Å². The Morgan fingerprint density at radius 1 is 1.16 bits per heavy atom. The molecule has 6 nitrogen and oxygen atoms in total. The van der Waals surface area contributed by atoms with E-state index in [1.54, 1.807) is 41.7 Å². The SMILES string of the molecule is CCCN(CCC)C(=O)c1csc(NC(=O)c2ccc(OC)cc2)n1. The van der Waals surface area contributed by atoms with Crippen molar-refractivity contribution in [2.24, 2.45) is 0 Å². The molecular weight excluding hydrogens is 338 g/mol. The first-order valence-corrected chi connectivity index (χ1v) is 9.17. The van der Waals surface area contributed by atoms with Crippen LogP contribution in [0.1, 0.15) is 47.5 Å². The zero-order valence-electron chi connectivity index (χ0n) is 14.7. The molecule has 0 aliphatic carbocycles. The lowest BCUT2D eigenvalue weighted by molar-refractivity contribution is 0.0750. The molecule has 7 heteroatoms. The van der Waals surface area contributed by atoms with Crippen LogP contribution >= 0.6 is 11.3 Å². The van der Waals surface area contributed by atoms with Gasteiger partial charge in [0.15, 0.2) is 5.13 Å². The Balaban J connectivity index is 2.04. The van der Waals surface area contributed by atoms with Crippen LogP contribution in [0, 0.1) is 0 Å². The van der Waals surface area contributed by atoms with E-state index in [1.165, 1.54) is 11.3 Å². The van der Waals surface area contributed by atoms with E-state index in [1.807, 2.05) is 13.8 Å². The number of aromatic nitrogens is 1. The maximum Gasteiger partial charge on any atom is 0.273 e. The van der Waals surface area contributed by atoms with Crippen molar-refractivity contribution in [3.05, 3.63) is 40.9 Å². The predicted molar refractivity (Wildman–Crippen MR) is 99.5 cm³/mol. The molecule has 1 heterocycles. The molecule has 0 atom stereocenters. The second-order valence-electron chi connectivity index (χ2n) is 5.51. The zero-order chi connectivity index (χ0) is 18.2. The third-order valence-corrected chi connectivity index (χ3v) is 4.33. The molecular formula is C18H23N3O3S. The molecule has 1 aromatic carbocycles. The van der Waals surface area contributed by atoms with Crippen LogP contribution in [0.4, 0.5) is 5.13 Å². The highest BCUT2D eigenvalue weighted by Gasteiger charge is 2.18. The maximum atomic E-state index is 12.5. The molecule has 0 bridgehead atoms. The monoisotopic (exact) mass is 361 g/mol. The Labute approximate surface area is 151 Å².